The molecule has 0 unspecified atom stereocenters. The average Bonchev–Trinajstić information content (AvgIpc) is 2.61. The smallest absolute Gasteiger partial charge is 0.311 e. The Hall–Kier alpha value is -2.75. The maximum atomic E-state index is 11.9. The van der Waals surface area contributed by atoms with Gasteiger partial charge in [0, 0.05) is 44.8 Å². The number of rotatable bonds is 4. The number of nitro benzene ring substituents is 1. The minimum absolute atomic E-state index is 0.260. The van der Waals surface area contributed by atoms with Crippen LogP contribution in [0.2, 0.25) is 0 Å². The van der Waals surface area contributed by atoms with E-state index >= 15 is 0 Å². The highest BCUT2D eigenvalue weighted by Gasteiger charge is 2.30. The molecule has 3 rings (SSSR count). The highest BCUT2D eigenvalue weighted by atomic mass is 32.2. The van der Waals surface area contributed by atoms with Gasteiger partial charge in [-0.1, -0.05) is 6.07 Å². The molecular weight excluding hydrogens is 346 g/mol. The monoisotopic (exact) mass is 363 g/mol. The maximum absolute atomic E-state index is 11.9. The summed E-state index contributed by atoms with van der Waals surface area (Å²) in [4.78, 5) is 22.8. The zero-order valence-electron chi connectivity index (χ0n) is 13.6. The third-order valence-electron chi connectivity index (χ3n) is 4.02. The van der Waals surface area contributed by atoms with E-state index in [0.29, 0.717) is 37.8 Å². The molecule has 0 aliphatic carbocycles. The van der Waals surface area contributed by atoms with E-state index in [9.17, 15) is 18.5 Å². The zero-order valence-corrected chi connectivity index (χ0v) is 14.4. The number of para-hydroxylation sites is 1. The summed E-state index contributed by atoms with van der Waals surface area (Å²) in [5.41, 5.74) is -0.0454. The Morgan fingerprint density at radius 2 is 1.64 bits per heavy atom. The average molecular weight is 363 g/mol. The first-order valence-electron chi connectivity index (χ1n) is 7.62. The van der Waals surface area contributed by atoms with Crippen molar-refractivity contribution in [2.75, 3.05) is 42.2 Å². The Morgan fingerprint density at radius 1 is 1.04 bits per heavy atom. The Morgan fingerprint density at radius 3 is 2.20 bits per heavy atom. The quantitative estimate of drug-likeness (QED) is 0.587. The van der Waals surface area contributed by atoms with Crippen LogP contribution in [0.15, 0.2) is 41.6 Å². The van der Waals surface area contributed by atoms with Gasteiger partial charge in [-0.3, -0.25) is 10.1 Å². The van der Waals surface area contributed by atoms with Crippen LogP contribution in [-0.4, -0.2) is 55.7 Å². The van der Waals surface area contributed by atoms with Gasteiger partial charge in [-0.25, -0.2) is 18.4 Å². The molecule has 0 N–H and O–H groups in total. The number of hydrogen-bond donors (Lipinski definition) is 0. The number of nitro groups is 1. The van der Waals surface area contributed by atoms with E-state index in [1.54, 1.807) is 24.5 Å². The highest BCUT2D eigenvalue weighted by Crippen LogP contribution is 2.35. The van der Waals surface area contributed by atoms with E-state index < -0.39 is 14.8 Å². The fourth-order valence-electron chi connectivity index (χ4n) is 2.85. The minimum Gasteiger partial charge on any atom is -0.362 e. The number of sulfone groups is 1. The highest BCUT2D eigenvalue weighted by molar-refractivity contribution is 7.90. The number of aromatic nitrogens is 2. The second-order valence-electron chi connectivity index (χ2n) is 5.68. The van der Waals surface area contributed by atoms with E-state index in [1.807, 2.05) is 9.80 Å². The molecule has 1 aromatic carbocycles. The molecule has 0 radical (unpaired) electrons. The normalized spacial score (nSPS) is 15.2. The predicted molar refractivity (Wildman–Crippen MR) is 92.7 cm³/mol. The molecule has 25 heavy (non-hydrogen) atoms. The fourth-order valence-corrected chi connectivity index (χ4v) is 3.71. The number of hydrogen-bond acceptors (Lipinski definition) is 8. The maximum Gasteiger partial charge on any atom is 0.311 e. The van der Waals surface area contributed by atoms with E-state index in [2.05, 4.69) is 9.97 Å². The zero-order chi connectivity index (χ0) is 18.0. The van der Waals surface area contributed by atoms with E-state index in [1.165, 1.54) is 12.1 Å². The largest absolute Gasteiger partial charge is 0.362 e. The van der Waals surface area contributed by atoms with Gasteiger partial charge < -0.3 is 9.80 Å². The lowest BCUT2D eigenvalue weighted by molar-refractivity contribution is -0.387. The molecule has 1 aliphatic heterocycles. The van der Waals surface area contributed by atoms with E-state index in [-0.39, 0.29) is 10.6 Å². The molecule has 0 atom stereocenters. The van der Waals surface area contributed by atoms with Crippen molar-refractivity contribution in [3.8, 4) is 0 Å². The van der Waals surface area contributed by atoms with Gasteiger partial charge >= 0.3 is 5.69 Å². The number of anilines is 2. The van der Waals surface area contributed by atoms with Crippen LogP contribution in [0, 0.1) is 10.1 Å². The molecule has 9 nitrogen and oxygen atoms in total. The summed E-state index contributed by atoms with van der Waals surface area (Å²) in [6.07, 6.45) is 4.30. The number of benzene rings is 1. The van der Waals surface area contributed by atoms with E-state index in [4.69, 9.17) is 0 Å². The second-order valence-corrected chi connectivity index (χ2v) is 7.66. The molecule has 10 heteroatoms. The van der Waals surface area contributed by atoms with Crippen LogP contribution in [-0.2, 0) is 9.84 Å². The predicted octanol–water partition coefficient (Wildman–Crippen LogP) is 1.11. The Balaban J connectivity index is 1.88. The molecular formula is C15H17N5O4S. The third-order valence-corrected chi connectivity index (χ3v) is 5.14. The van der Waals surface area contributed by atoms with Crippen LogP contribution in [0.5, 0.6) is 0 Å². The molecule has 0 bridgehead atoms. The van der Waals surface area contributed by atoms with Gasteiger partial charge in [-0.15, -0.1) is 0 Å². The van der Waals surface area contributed by atoms with Crippen LogP contribution in [0.25, 0.3) is 0 Å². The molecule has 2 aromatic rings. The summed E-state index contributed by atoms with van der Waals surface area (Å²) in [5, 5.41) is 11.5. The lowest BCUT2D eigenvalue weighted by Crippen LogP contribution is -2.47. The van der Waals surface area contributed by atoms with Crippen LogP contribution in [0.3, 0.4) is 0 Å². The SMILES string of the molecule is CS(=O)(=O)c1cccc(N2CCN(c3ncccn3)CC2)c1[N+](=O)[O-]. The molecule has 1 fully saturated rings. The topological polar surface area (TPSA) is 110 Å². The lowest BCUT2D eigenvalue weighted by atomic mass is 10.2. The summed E-state index contributed by atoms with van der Waals surface area (Å²) in [6.45, 7) is 2.19. The van der Waals surface area contributed by atoms with Crippen LogP contribution >= 0.6 is 0 Å². The summed E-state index contributed by atoms with van der Waals surface area (Å²) in [7, 11) is -3.69. The van der Waals surface area contributed by atoms with Crippen molar-refractivity contribution in [3.63, 3.8) is 0 Å². The molecule has 132 valence electrons. The van der Waals surface area contributed by atoms with Gasteiger partial charge in [-0.05, 0) is 18.2 Å². The third kappa shape index (κ3) is 3.53. The van der Waals surface area contributed by atoms with Gasteiger partial charge in [-0.2, -0.15) is 0 Å². The first-order chi connectivity index (χ1) is 11.9. The molecule has 0 saturated carbocycles. The number of nitrogens with zero attached hydrogens (tertiary/aromatic N) is 5. The van der Waals surface area contributed by atoms with Crippen molar-refractivity contribution in [3.05, 3.63) is 46.8 Å². The molecule has 2 heterocycles. The van der Waals surface area contributed by atoms with Crippen molar-refractivity contribution < 1.29 is 13.3 Å². The van der Waals surface area contributed by atoms with Crippen LogP contribution in [0.1, 0.15) is 0 Å². The summed E-state index contributed by atoms with van der Waals surface area (Å²) < 4.78 is 23.8. The second kappa shape index (κ2) is 6.63. The first kappa shape index (κ1) is 17.1. The van der Waals surface area contributed by atoms with Crippen LogP contribution < -0.4 is 9.80 Å². The van der Waals surface area contributed by atoms with Gasteiger partial charge in [0.2, 0.25) is 5.95 Å². The van der Waals surface area contributed by atoms with Crippen LogP contribution in [0.4, 0.5) is 17.3 Å². The van der Waals surface area contributed by atoms with Gasteiger partial charge in [0.25, 0.3) is 0 Å². The fraction of sp³-hybridized carbons (Fsp3) is 0.333. The van der Waals surface area contributed by atoms with Gasteiger partial charge in [0.05, 0.1) is 4.92 Å². The van der Waals surface area contributed by atoms with Crippen molar-refractivity contribution >= 4 is 27.2 Å². The Labute approximate surface area is 145 Å². The molecule has 1 aliphatic rings. The van der Waals surface area contributed by atoms with E-state index in [0.717, 1.165) is 6.26 Å². The first-order valence-corrected chi connectivity index (χ1v) is 9.51. The summed E-state index contributed by atoms with van der Waals surface area (Å²) in [6, 6.07) is 6.12. The van der Waals surface area contributed by atoms with Crippen molar-refractivity contribution in [1.82, 2.24) is 9.97 Å². The van der Waals surface area contributed by atoms with Crippen molar-refractivity contribution in [1.29, 1.82) is 0 Å². The van der Waals surface area contributed by atoms with Gasteiger partial charge in [0.1, 0.15) is 10.6 Å². The lowest BCUT2D eigenvalue weighted by Gasteiger charge is -2.35. The Kier molecular flexibility index (Phi) is 4.53. The van der Waals surface area contributed by atoms with Crippen molar-refractivity contribution in [2.45, 2.75) is 4.90 Å². The molecule has 1 aromatic heterocycles. The van der Waals surface area contributed by atoms with Crippen molar-refractivity contribution in [2.24, 2.45) is 0 Å². The minimum atomic E-state index is -3.69. The molecule has 0 spiro atoms. The number of piperazine rings is 1. The summed E-state index contributed by atoms with van der Waals surface area (Å²) >= 11 is 0. The molecule has 0 amide bonds. The summed E-state index contributed by atoms with van der Waals surface area (Å²) in [5.74, 6) is 0.613. The Bertz CT molecular complexity index is 880. The standard InChI is InChI=1S/C15H17N5O4S/c1-25(23,24)13-5-2-4-12(14(13)20(21)22)18-8-10-19(11-9-18)15-16-6-3-7-17-15/h2-7H,8-11H2,1H3. The molecule has 1 saturated heterocycles. The van der Waals surface area contributed by atoms with Gasteiger partial charge in [0.15, 0.2) is 9.84 Å².